The van der Waals surface area contributed by atoms with Gasteiger partial charge in [0.1, 0.15) is 0 Å². The third-order valence-corrected chi connectivity index (χ3v) is 3.66. The largest absolute Gasteiger partial charge is 0.274 e. The summed E-state index contributed by atoms with van der Waals surface area (Å²) in [4.78, 5) is 25.5. The zero-order chi connectivity index (χ0) is 12.5. The first-order valence-electron chi connectivity index (χ1n) is 6.40. The lowest BCUT2D eigenvalue weighted by molar-refractivity contribution is 0.0657. The monoisotopic (exact) mass is 241 g/mol. The highest BCUT2D eigenvalue weighted by molar-refractivity contribution is 6.21. The van der Waals surface area contributed by atoms with Crippen LogP contribution in [0.4, 0.5) is 0 Å². The van der Waals surface area contributed by atoms with Crippen LogP contribution in [-0.2, 0) is 0 Å². The lowest BCUT2D eigenvalue weighted by atomic mass is 9.92. The van der Waals surface area contributed by atoms with Crippen LogP contribution in [0.1, 0.15) is 46.4 Å². The van der Waals surface area contributed by atoms with E-state index in [-0.39, 0.29) is 11.8 Å². The van der Waals surface area contributed by atoms with Crippen LogP contribution >= 0.6 is 0 Å². The topological polar surface area (TPSA) is 37.4 Å². The predicted octanol–water partition coefficient (Wildman–Crippen LogP) is 2.78. The Balaban J connectivity index is 1.71. The SMILES string of the molecule is O=C1c2ccccc2C(=O)N1CCC=C1CCC1. The molecule has 0 bridgehead atoms. The maximum Gasteiger partial charge on any atom is 0.261 e. The summed E-state index contributed by atoms with van der Waals surface area (Å²) in [5.74, 6) is -0.301. The lowest BCUT2D eigenvalue weighted by Crippen LogP contribution is -2.30. The van der Waals surface area contributed by atoms with Crippen molar-refractivity contribution in [3.63, 3.8) is 0 Å². The number of benzene rings is 1. The Morgan fingerprint density at radius 3 is 2.17 bits per heavy atom. The van der Waals surface area contributed by atoms with Crippen LogP contribution in [0.3, 0.4) is 0 Å². The number of imide groups is 1. The van der Waals surface area contributed by atoms with E-state index in [4.69, 9.17) is 0 Å². The lowest BCUT2D eigenvalue weighted by Gasteiger charge is -2.17. The summed E-state index contributed by atoms with van der Waals surface area (Å²) in [7, 11) is 0. The first kappa shape index (κ1) is 11.2. The van der Waals surface area contributed by atoms with Crippen molar-refractivity contribution >= 4 is 11.8 Å². The van der Waals surface area contributed by atoms with Crippen LogP contribution in [0.2, 0.25) is 0 Å². The Kier molecular flexibility index (Phi) is 2.74. The van der Waals surface area contributed by atoms with Crippen molar-refractivity contribution in [2.24, 2.45) is 0 Å². The number of nitrogens with zero attached hydrogens (tertiary/aromatic N) is 1. The average molecular weight is 241 g/mol. The van der Waals surface area contributed by atoms with Gasteiger partial charge in [-0.2, -0.15) is 0 Å². The predicted molar refractivity (Wildman–Crippen MR) is 68.4 cm³/mol. The zero-order valence-corrected chi connectivity index (χ0v) is 10.2. The minimum absolute atomic E-state index is 0.150. The summed E-state index contributed by atoms with van der Waals surface area (Å²) < 4.78 is 0. The van der Waals surface area contributed by atoms with Crippen LogP contribution in [0.15, 0.2) is 35.9 Å². The molecule has 1 aliphatic heterocycles. The molecule has 0 spiro atoms. The maximum absolute atomic E-state index is 12.1. The summed E-state index contributed by atoms with van der Waals surface area (Å²) in [5.41, 5.74) is 2.55. The molecule has 2 aliphatic rings. The van der Waals surface area contributed by atoms with Gasteiger partial charge in [-0.05, 0) is 37.8 Å². The van der Waals surface area contributed by atoms with Crippen LogP contribution in [0.5, 0.6) is 0 Å². The third-order valence-electron chi connectivity index (χ3n) is 3.66. The van der Waals surface area contributed by atoms with Crippen LogP contribution in [-0.4, -0.2) is 23.3 Å². The van der Waals surface area contributed by atoms with E-state index in [1.165, 1.54) is 29.7 Å². The molecule has 1 aromatic rings. The summed E-state index contributed by atoms with van der Waals surface area (Å²) >= 11 is 0. The van der Waals surface area contributed by atoms with Crippen LogP contribution in [0.25, 0.3) is 0 Å². The molecule has 3 nitrogen and oxygen atoms in total. The van der Waals surface area contributed by atoms with Gasteiger partial charge in [0.2, 0.25) is 0 Å². The Labute approximate surface area is 106 Å². The van der Waals surface area contributed by atoms with Gasteiger partial charge in [0.15, 0.2) is 0 Å². The van der Waals surface area contributed by atoms with Crippen LogP contribution < -0.4 is 0 Å². The molecule has 2 amide bonds. The van der Waals surface area contributed by atoms with Crippen molar-refractivity contribution in [3.8, 4) is 0 Å². The molecular formula is C15H15NO2. The van der Waals surface area contributed by atoms with Gasteiger partial charge < -0.3 is 0 Å². The van der Waals surface area contributed by atoms with Crippen molar-refractivity contribution < 1.29 is 9.59 Å². The molecule has 0 radical (unpaired) electrons. The molecule has 0 saturated heterocycles. The Hall–Kier alpha value is -1.90. The number of rotatable bonds is 3. The summed E-state index contributed by atoms with van der Waals surface area (Å²) in [5, 5.41) is 0. The number of allylic oxidation sites excluding steroid dienone is 1. The standard InChI is InChI=1S/C15H15NO2/c17-14-12-8-1-2-9-13(12)15(18)16(14)10-4-7-11-5-3-6-11/h1-2,7-9H,3-6,10H2. The van der Waals surface area contributed by atoms with Crippen molar-refractivity contribution in [1.82, 2.24) is 4.90 Å². The van der Waals surface area contributed by atoms with Gasteiger partial charge in [-0.1, -0.05) is 23.8 Å². The fraction of sp³-hybridized carbons (Fsp3) is 0.333. The molecule has 1 aromatic carbocycles. The van der Waals surface area contributed by atoms with Gasteiger partial charge in [-0.25, -0.2) is 0 Å². The molecular weight excluding hydrogens is 226 g/mol. The summed E-state index contributed by atoms with van der Waals surface area (Å²) in [6, 6.07) is 7.04. The van der Waals surface area contributed by atoms with E-state index in [2.05, 4.69) is 6.08 Å². The minimum Gasteiger partial charge on any atom is -0.274 e. The smallest absolute Gasteiger partial charge is 0.261 e. The molecule has 1 aliphatic carbocycles. The number of hydrogen-bond donors (Lipinski definition) is 0. The average Bonchev–Trinajstić information content (AvgIpc) is 2.57. The first-order valence-corrected chi connectivity index (χ1v) is 6.40. The molecule has 0 unspecified atom stereocenters. The fourth-order valence-electron chi connectivity index (χ4n) is 2.43. The normalized spacial score (nSPS) is 17.8. The Morgan fingerprint density at radius 1 is 1.06 bits per heavy atom. The van der Waals surface area contributed by atoms with E-state index < -0.39 is 0 Å². The second-order valence-corrected chi connectivity index (χ2v) is 4.81. The second-order valence-electron chi connectivity index (χ2n) is 4.81. The molecule has 1 heterocycles. The third kappa shape index (κ3) is 1.76. The maximum atomic E-state index is 12.1. The van der Waals surface area contributed by atoms with Crippen molar-refractivity contribution in [2.75, 3.05) is 6.54 Å². The highest BCUT2D eigenvalue weighted by Crippen LogP contribution is 2.26. The molecule has 0 aromatic heterocycles. The van der Waals surface area contributed by atoms with Crippen LogP contribution in [0, 0.1) is 0 Å². The molecule has 1 saturated carbocycles. The van der Waals surface area contributed by atoms with Gasteiger partial charge in [0.25, 0.3) is 11.8 Å². The molecule has 0 N–H and O–H groups in total. The Morgan fingerprint density at radius 2 is 1.67 bits per heavy atom. The molecule has 92 valence electrons. The van der Waals surface area contributed by atoms with E-state index in [0.717, 1.165) is 6.42 Å². The fourth-order valence-corrected chi connectivity index (χ4v) is 2.43. The highest BCUT2D eigenvalue weighted by Gasteiger charge is 2.34. The van der Waals surface area contributed by atoms with E-state index in [1.54, 1.807) is 24.3 Å². The van der Waals surface area contributed by atoms with Gasteiger partial charge in [-0.15, -0.1) is 0 Å². The van der Waals surface area contributed by atoms with E-state index in [0.29, 0.717) is 17.7 Å². The quantitative estimate of drug-likeness (QED) is 0.602. The second kappa shape index (κ2) is 4.41. The molecule has 3 heteroatoms. The number of carbonyl (C=O) groups is 2. The molecule has 18 heavy (non-hydrogen) atoms. The van der Waals surface area contributed by atoms with E-state index in [1.807, 2.05) is 0 Å². The zero-order valence-electron chi connectivity index (χ0n) is 10.2. The van der Waals surface area contributed by atoms with Crippen molar-refractivity contribution in [2.45, 2.75) is 25.7 Å². The number of fused-ring (bicyclic) bond motifs is 1. The van der Waals surface area contributed by atoms with E-state index in [9.17, 15) is 9.59 Å². The van der Waals surface area contributed by atoms with Crippen molar-refractivity contribution in [1.29, 1.82) is 0 Å². The number of amides is 2. The van der Waals surface area contributed by atoms with E-state index >= 15 is 0 Å². The summed E-state index contributed by atoms with van der Waals surface area (Å²) in [6.07, 6.45) is 6.59. The molecule has 1 fully saturated rings. The number of hydrogen-bond acceptors (Lipinski definition) is 2. The van der Waals surface area contributed by atoms with Crippen molar-refractivity contribution in [3.05, 3.63) is 47.0 Å². The Bertz CT molecular complexity index is 504. The summed E-state index contributed by atoms with van der Waals surface area (Å²) in [6.45, 7) is 0.496. The molecule has 3 rings (SSSR count). The van der Waals surface area contributed by atoms with Gasteiger partial charge in [0, 0.05) is 6.54 Å². The highest BCUT2D eigenvalue weighted by atomic mass is 16.2. The minimum atomic E-state index is -0.150. The van der Waals surface area contributed by atoms with Gasteiger partial charge in [0.05, 0.1) is 11.1 Å². The molecule has 0 atom stereocenters. The first-order chi connectivity index (χ1) is 8.77. The number of carbonyl (C=O) groups excluding carboxylic acids is 2. The van der Waals surface area contributed by atoms with Gasteiger partial charge >= 0.3 is 0 Å². The van der Waals surface area contributed by atoms with Gasteiger partial charge in [-0.3, -0.25) is 14.5 Å².